The molecule has 0 saturated carbocycles. The van der Waals surface area contributed by atoms with E-state index in [2.05, 4.69) is 48.5 Å². The molecule has 0 N–H and O–H groups in total. The van der Waals surface area contributed by atoms with Crippen molar-refractivity contribution < 1.29 is 9.59 Å². The second-order valence-corrected chi connectivity index (χ2v) is 9.51. The highest BCUT2D eigenvalue weighted by atomic mass is 31.1. The van der Waals surface area contributed by atoms with Crippen molar-refractivity contribution in [1.82, 2.24) is 9.80 Å². The van der Waals surface area contributed by atoms with E-state index in [1.165, 1.54) is 10.6 Å². The Kier molecular flexibility index (Phi) is 10.0. The molecule has 4 nitrogen and oxygen atoms in total. The molecule has 0 aromatic heterocycles. The fourth-order valence-corrected chi connectivity index (χ4v) is 6.25. The van der Waals surface area contributed by atoms with Crippen LogP contribution in [0.2, 0.25) is 0 Å². The molecule has 0 saturated heterocycles. The van der Waals surface area contributed by atoms with Crippen LogP contribution in [0, 0.1) is 5.92 Å². The Labute approximate surface area is 183 Å². The number of nitrogens with zero attached hydrogens (tertiary/aromatic N) is 2. The molecule has 0 heterocycles. The lowest BCUT2D eigenvalue weighted by molar-refractivity contribution is -0.140. The highest BCUT2D eigenvalue weighted by Crippen LogP contribution is 2.37. The first-order valence-electron chi connectivity index (χ1n) is 11.0. The van der Waals surface area contributed by atoms with Gasteiger partial charge in [-0.15, -0.1) is 0 Å². The Morgan fingerprint density at radius 3 is 1.57 bits per heavy atom. The van der Waals surface area contributed by atoms with Crippen molar-refractivity contribution >= 4 is 30.3 Å². The molecule has 0 fully saturated rings. The van der Waals surface area contributed by atoms with Crippen LogP contribution < -0.4 is 10.6 Å². The van der Waals surface area contributed by atoms with Crippen LogP contribution in [-0.4, -0.2) is 54.0 Å². The molecular formula is C25H35N2O2P. The Morgan fingerprint density at radius 1 is 0.733 bits per heavy atom. The predicted molar refractivity (Wildman–Crippen MR) is 128 cm³/mol. The van der Waals surface area contributed by atoms with E-state index in [-0.39, 0.29) is 24.2 Å². The lowest BCUT2D eigenvalue weighted by Gasteiger charge is -2.30. The third kappa shape index (κ3) is 6.40. The van der Waals surface area contributed by atoms with E-state index in [1.807, 2.05) is 49.6 Å². The number of carbonyl (C=O) groups is 2. The number of rotatable bonds is 11. The highest BCUT2D eigenvalue weighted by Gasteiger charge is 2.30. The molecular weight excluding hydrogens is 391 g/mol. The number of amides is 2. The van der Waals surface area contributed by atoms with E-state index in [1.54, 1.807) is 0 Å². The first-order chi connectivity index (χ1) is 14.5. The maximum Gasteiger partial charge on any atom is 0.226 e. The van der Waals surface area contributed by atoms with Gasteiger partial charge in [0, 0.05) is 32.6 Å². The fraction of sp³-hybridized carbons (Fsp3) is 0.440. The summed E-state index contributed by atoms with van der Waals surface area (Å²) in [6.45, 7) is 10.7. The molecule has 0 aliphatic rings. The van der Waals surface area contributed by atoms with Crippen molar-refractivity contribution in [3.8, 4) is 0 Å². The van der Waals surface area contributed by atoms with Crippen molar-refractivity contribution in [3.63, 3.8) is 0 Å². The van der Waals surface area contributed by atoms with Gasteiger partial charge in [-0.1, -0.05) is 60.7 Å². The summed E-state index contributed by atoms with van der Waals surface area (Å²) >= 11 is 0. The minimum absolute atomic E-state index is 0.0709. The topological polar surface area (TPSA) is 40.6 Å². The van der Waals surface area contributed by atoms with Gasteiger partial charge in [0.1, 0.15) is 0 Å². The molecule has 0 spiro atoms. The summed E-state index contributed by atoms with van der Waals surface area (Å²) in [4.78, 5) is 30.0. The number of hydrogen-bond donors (Lipinski definition) is 0. The summed E-state index contributed by atoms with van der Waals surface area (Å²) in [5.41, 5.74) is 0. The van der Waals surface area contributed by atoms with Crippen LogP contribution >= 0.6 is 7.92 Å². The Hall–Kier alpha value is -2.19. The highest BCUT2D eigenvalue weighted by molar-refractivity contribution is 7.73. The monoisotopic (exact) mass is 426 g/mol. The van der Waals surface area contributed by atoms with Gasteiger partial charge in [-0.3, -0.25) is 9.59 Å². The molecule has 2 aromatic carbocycles. The van der Waals surface area contributed by atoms with E-state index in [0.717, 1.165) is 0 Å². The maximum atomic E-state index is 13.4. The van der Waals surface area contributed by atoms with Crippen LogP contribution in [0.1, 0.15) is 34.1 Å². The summed E-state index contributed by atoms with van der Waals surface area (Å²) in [7, 11) is -0.734. The molecule has 0 bridgehead atoms. The van der Waals surface area contributed by atoms with Crippen LogP contribution in [0.5, 0.6) is 0 Å². The predicted octanol–water partition coefficient (Wildman–Crippen LogP) is 3.86. The molecule has 0 aliphatic carbocycles. The lowest BCUT2D eigenvalue weighted by atomic mass is 10.0. The lowest BCUT2D eigenvalue weighted by Crippen LogP contribution is -2.41. The SMILES string of the molecule is CCN(CC)C(=O)CC(CP(c1ccccc1)c1ccccc1)C(=O)N(CC)CC. The molecule has 2 amide bonds. The standard InChI is InChI=1S/C25H35N2O2P/c1-5-26(6-2)24(28)19-21(25(29)27(7-3)8-4)20-30(22-15-11-9-12-16-22)23-17-13-10-14-18-23/h9-18,21H,5-8,19-20H2,1-4H3. The van der Waals surface area contributed by atoms with Gasteiger partial charge in [-0.2, -0.15) is 0 Å². The Bertz CT molecular complexity index is 735. The van der Waals surface area contributed by atoms with Gasteiger partial charge < -0.3 is 9.80 Å². The van der Waals surface area contributed by atoms with Gasteiger partial charge in [0.15, 0.2) is 0 Å². The zero-order valence-corrected chi connectivity index (χ0v) is 19.6. The smallest absolute Gasteiger partial charge is 0.226 e. The van der Waals surface area contributed by atoms with Crippen LogP contribution in [0.25, 0.3) is 0 Å². The zero-order chi connectivity index (χ0) is 21.9. The van der Waals surface area contributed by atoms with Crippen LogP contribution in [0.15, 0.2) is 60.7 Å². The van der Waals surface area contributed by atoms with Crippen molar-refractivity contribution in [2.24, 2.45) is 5.92 Å². The van der Waals surface area contributed by atoms with E-state index >= 15 is 0 Å². The molecule has 2 rings (SSSR count). The largest absolute Gasteiger partial charge is 0.343 e. The zero-order valence-electron chi connectivity index (χ0n) is 18.8. The first-order valence-corrected chi connectivity index (χ1v) is 12.5. The third-order valence-electron chi connectivity index (χ3n) is 5.50. The summed E-state index contributed by atoms with van der Waals surface area (Å²) in [5.74, 6) is -0.147. The average Bonchev–Trinajstić information content (AvgIpc) is 2.79. The number of hydrogen-bond acceptors (Lipinski definition) is 2. The van der Waals surface area contributed by atoms with E-state index < -0.39 is 7.92 Å². The average molecular weight is 427 g/mol. The fourth-order valence-electron chi connectivity index (χ4n) is 3.74. The second kappa shape index (κ2) is 12.5. The molecule has 0 radical (unpaired) electrons. The summed E-state index contributed by atoms with van der Waals surface area (Å²) < 4.78 is 0. The maximum absolute atomic E-state index is 13.4. The van der Waals surface area contributed by atoms with Crippen molar-refractivity contribution in [2.75, 3.05) is 32.3 Å². The second-order valence-electron chi connectivity index (χ2n) is 7.26. The van der Waals surface area contributed by atoms with Gasteiger partial charge in [0.25, 0.3) is 0 Å². The summed E-state index contributed by atoms with van der Waals surface area (Å²) in [6, 6.07) is 20.8. The van der Waals surface area contributed by atoms with Gasteiger partial charge in [0.05, 0.1) is 5.92 Å². The van der Waals surface area contributed by atoms with Crippen molar-refractivity contribution in [1.29, 1.82) is 0 Å². The molecule has 162 valence electrons. The normalized spacial score (nSPS) is 11.9. The molecule has 0 aliphatic heterocycles. The van der Waals surface area contributed by atoms with Crippen molar-refractivity contribution in [2.45, 2.75) is 34.1 Å². The van der Waals surface area contributed by atoms with Crippen LogP contribution in [-0.2, 0) is 9.59 Å². The quantitative estimate of drug-likeness (QED) is 0.512. The minimum atomic E-state index is -0.734. The third-order valence-corrected chi connectivity index (χ3v) is 8.15. The summed E-state index contributed by atoms with van der Waals surface area (Å²) in [6.07, 6.45) is 0.960. The number of carbonyl (C=O) groups excluding carboxylic acids is 2. The molecule has 5 heteroatoms. The molecule has 1 unspecified atom stereocenters. The number of benzene rings is 2. The molecule has 30 heavy (non-hydrogen) atoms. The molecule has 2 aromatic rings. The van der Waals surface area contributed by atoms with Crippen molar-refractivity contribution in [3.05, 3.63) is 60.7 Å². The van der Waals surface area contributed by atoms with Gasteiger partial charge in [-0.25, -0.2) is 0 Å². The van der Waals surface area contributed by atoms with E-state index in [9.17, 15) is 9.59 Å². The Balaban J connectivity index is 2.39. The molecule has 1 atom stereocenters. The van der Waals surface area contributed by atoms with E-state index in [4.69, 9.17) is 0 Å². The van der Waals surface area contributed by atoms with Crippen LogP contribution in [0.4, 0.5) is 0 Å². The Morgan fingerprint density at radius 2 is 1.17 bits per heavy atom. The van der Waals surface area contributed by atoms with Crippen LogP contribution in [0.3, 0.4) is 0 Å². The van der Waals surface area contributed by atoms with Gasteiger partial charge in [-0.05, 0) is 52.4 Å². The van der Waals surface area contributed by atoms with Gasteiger partial charge >= 0.3 is 0 Å². The minimum Gasteiger partial charge on any atom is -0.343 e. The summed E-state index contributed by atoms with van der Waals surface area (Å²) in [5, 5.41) is 2.48. The van der Waals surface area contributed by atoms with E-state index in [0.29, 0.717) is 32.3 Å². The van der Waals surface area contributed by atoms with Gasteiger partial charge in [0.2, 0.25) is 11.8 Å². The first kappa shape index (κ1) is 24.1.